The smallest absolute Gasteiger partial charge is 0.220 e. The summed E-state index contributed by atoms with van der Waals surface area (Å²) in [5, 5.41) is 6.64. The molecule has 2 N–H and O–H groups in total. The number of nitrogens with zero attached hydrogens (tertiary/aromatic N) is 1. The summed E-state index contributed by atoms with van der Waals surface area (Å²) in [6, 6.07) is 11.5. The normalized spacial score (nSPS) is 28.0. The molecule has 3 rings (SSSR count). The minimum atomic E-state index is 0.246. The van der Waals surface area contributed by atoms with Crippen LogP contribution in [0.4, 0.5) is 0 Å². The summed E-state index contributed by atoms with van der Waals surface area (Å²) in [7, 11) is 0. The Hall–Kier alpha value is -1.39. The zero-order valence-electron chi connectivity index (χ0n) is 14.8. The molecule has 2 heterocycles. The minimum Gasteiger partial charge on any atom is -0.353 e. The maximum Gasteiger partial charge on any atom is 0.220 e. The zero-order chi connectivity index (χ0) is 16.8. The Morgan fingerprint density at radius 1 is 1.29 bits per heavy atom. The fourth-order valence-corrected chi connectivity index (χ4v) is 4.00. The monoisotopic (exact) mass is 329 g/mol. The van der Waals surface area contributed by atoms with Gasteiger partial charge in [0.05, 0.1) is 0 Å². The van der Waals surface area contributed by atoms with Gasteiger partial charge in [0.2, 0.25) is 5.91 Å². The van der Waals surface area contributed by atoms with Crippen LogP contribution in [0.3, 0.4) is 0 Å². The van der Waals surface area contributed by atoms with Gasteiger partial charge in [0.1, 0.15) is 0 Å². The highest BCUT2D eigenvalue weighted by Gasteiger charge is 2.26. The summed E-state index contributed by atoms with van der Waals surface area (Å²) in [5.41, 5.74) is 1.37. The second-order valence-corrected chi connectivity index (χ2v) is 7.49. The van der Waals surface area contributed by atoms with Crippen LogP contribution in [0.5, 0.6) is 0 Å². The van der Waals surface area contributed by atoms with E-state index >= 15 is 0 Å². The van der Waals surface area contributed by atoms with Crippen LogP contribution < -0.4 is 10.6 Å². The lowest BCUT2D eigenvalue weighted by Crippen LogP contribution is -2.48. The van der Waals surface area contributed by atoms with Gasteiger partial charge in [-0.2, -0.15) is 0 Å². The van der Waals surface area contributed by atoms with E-state index < -0.39 is 0 Å². The van der Waals surface area contributed by atoms with Crippen molar-refractivity contribution in [2.24, 2.45) is 5.92 Å². The van der Waals surface area contributed by atoms with Crippen molar-refractivity contribution in [2.45, 2.75) is 57.7 Å². The molecule has 0 saturated carbocycles. The number of piperidine rings is 1. The number of carbonyl (C=O) groups excluding carboxylic acids is 1. The molecule has 4 nitrogen and oxygen atoms in total. The summed E-state index contributed by atoms with van der Waals surface area (Å²) in [6.45, 7) is 6.56. The average Bonchev–Trinajstić information content (AvgIpc) is 3.10. The summed E-state index contributed by atoms with van der Waals surface area (Å²) >= 11 is 0. The van der Waals surface area contributed by atoms with Crippen molar-refractivity contribution in [1.29, 1.82) is 0 Å². The first-order valence-corrected chi connectivity index (χ1v) is 9.49. The van der Waals surface area contributed by atoms with Crippen molar-refractivity contribution in [3.63, 3.8) is 0 Å². The molecule has 0 aliphatic carbocycles. The molecule has 4 heteroatoms. The Morgan fingerprint density at radius 3 is 2.83 bits per heavy atom. The number of amides is 1. The van der Waals surface area contributed by atoms with Gasteiger partial charge in [-0.3, -0.25) is 9.69 Å². The van der Waals surface area contributed by atoms with Gasteiger partial charge in [-0.15, -0.1) is 0 Å². The molecule has 1 aromatic carbocycles. The van der Waals surface area contributed by atoms with Gasteiger partial charge < -0.3 is 10.6 Å². The quantitative estimate of drug-likeness (QED) is 0.843. The van der Waals surface area contributed by atoms with Crippen molar-refractivity contribution in [2.75, 3.05) is 19.6 Å². The molecule has 0 aromatic heterocycles. The second-order valence-electron chi connectivity index (χ2n) is 7.49. The Labute approximate surface area is 146 Å². The molecule has 2 fully saturated rings. The van der Waals surface area contributed by atoms with E-state index in [1.807, 2.05) is 0 Å². The average molecular weight is 329 g/mol. The summed E-state index contributed by atoms with van der Waals surface area (Å²) < 4.78 is 0. The number of rotatable bonds is 6. The van der Waals surface area contributed by atoms with Crippen molar-refractivity contribution in [1.82, 2.24) is 15.5 Å². The van der Waals surface area contributed by atoms with Gasteiger partial charge in [-0.25, -0.2) is 0 Å². The van der Waals surface area contributed by atoms with E-state index in [0.717, 1.165) is 45.4 Å². The van der Waals surface area contributed by atoms with Crippen molar-refractivity contribution in [3.05, 3.63) is 35.9 Å². The third-order valence-corrected chi connectivity index (χ3v) is 5.55. The van der Waals surface area contributed by atoms with Crippen LogP contribution in [0.15, 0.2) is 30.3 Å². The molecule has 2 aliphatic heterocycles. The molecular weight excluding hydrogens is 298 g/mol. The van der Waals surface area contributed by atoms with Crippen LogP contribution in [-0.4, -0.2) is 42.5 Å². The van der Waals surface area contributed by atoms with Crippen LogP contribution in [0.1, 0.15) is 44.6 Å². The predicted molar refractivity (Wildman–Crippen MR) is 97.7 cm³/mol. The molecule has 0 spiro atoms. The largest absolute Gasteiger partial charge is 0.353 e. The predicted octanol–water partition coefficient (Wildman–Crippen LogP) is 2.55. The number of nitrogens with one attached hydrogen (secondary N) is 2. The lowest BCUT2D eigenvalue weighted by atomic mass is 9.96. The van der Waals surface area contributed by atoms with E-state index in [9.17, 15) is 4.79 Å². The first kappa shape index (κ1) is 17.4. The van der Waals surface area contributed by atoms with Gasteiger partial charge in [-0.05, 0) is 57.2 Å². The zero-order valence-corrected chi connectivity index (χ0v) is 14.8. The Bertz CT molecular complexity index is 513. The highest BCUT2D eigenvalue weighted by molar-refractivity contribution is 5.76. The van der Waals surface area contributed by atoms with Crippen molar-refractivity contribution < 1.29 is 4.79 Å². The maximum atomic E-state index is 12.2. The number of benzene rings is 1. The fourth-order valence-electron chi connectivity index (χ4n) is 4.00. The molecule has 24 heavy (non-hydrogen) atoms. The topological polar surface area (TPSA) is 44.4 Å². The van der Waals surface area contributed by atoms with E-state index in [1.165, 1.54) is 12.0 Å². The van der Waals surface area contributed by atoms with Crippen LogP contribution in [-0.2, 0) is 11.3 Å². The molecule has 3 unspecified atom stereocenters. The highest BCUT2D eigenvalue weighted by atomic mass is 16.1. The number of likely N-dealkylation sites (tertiary alicyclic amines) is 1. The van der Waals surface area contributed by atoms with Crippen LogP contribution >= 0.6 is 0 Å². The van der Waals surface area contributed by atoms with E-state index in [2.05, 4.69) is 52.8 Å². The number of hydrogen-bond donors (Lipinski definition) is 2. The van der Waals surface area contributed by atoms with Gasteiger partial charge >= 0.3 is 0 Å². The third kappa shape index (κ3) is 5.05. The molecule has 2 saturated heterocycles. The van der Waals surface area contributed by atoms with Gasteiger partial charge in [0, 0.05) is 31.6 Å². The van der Waals surface area contributed by atoms with Crippen LogP contribution in [0.2, 0.25) is 0 Å². The van der Waals surface area contributed by atoms with Crippen LogP contribution in [0.25, 0.3) is 0 Å². The first-order chi connectivity index (χ1) is 11.7. The Kier molecular flexibility index (Phi) is 6.27. The molecular formula is C20H31N3O. The van der Waals surface area contributed by atoms with E-state index in [1.54, 1.807) is 0 Å². The minimum absolute atomic E-state index is 0.246. The maximum absolute atomic E-state index is 12.2. The number of hydrogen-bond acceptors (Lipinski definition) is 3. The molecule has 2 aliphatic rings. The molecule has 132 valence electrons. The summed E-state index contributed by atoms with van der Waals surface area (Å²) in [4.78, 5) is 14.7. The molecule has 0 bridgehead atoms. The van der Waals surface area contributed by atoms with Crippen LogP contribution in [0, 0.1) is 5.92 Å². The van der Waals surface area contributed by atoms with Crippen molar-refractivity contribution >= 4 is 5.91 Å². The third-order valence-electron chi connectivity index (χ3n) is 5.55. The van der Waals surface area contributed by atoms with E-state index in [0.29, 0.717) is 24.4 Å². The van der Waals surface area contributed by atoms with Crippen molar-refractivity contribution in [3.8, 4) is 0 Å². The molecule has 1 aromatic rings. The van der Waals surface area contributed by atoms with E-state index in [-0.39, 0.29) is 5.91 Å². The second kappa shape index (κ2) is 8.63. The highest BCUT2D eigenvalue weighted by Crippen LogP contribution is 2.20. The first-order valence-electron chi connectivity index (χ1n) is 9.49. The Balaban J connectivity index is 1.39. The van der Waals surface area contributed by atoms with Gasteiger partial charge in [0.25, 0.3) is 0 Å². The molecule has 1 amide bonds. The fraction of sp³-hybridized carbons (Fsp3) is 0.650. The molecule has 0 radical (unpaired) electrons. The Morgan fingerprint density at radius 2 is 2.12 bits per heavy atom. The standard InChI is InChI=1S/C20H31N3O/c1-16-13-19(22-20(24)8-7-17-9-11-21-14-17)10-12-23(16)15-18-5-3-2-4-6-18/h2-6,16-17,19,21H,7-15H2,1H3,(H,22,24). The van der Waals surface area contributed by atoms with Gasteiger partial charge in [0.15, 0.2) is 0 Å². The number of carbonyl (C=O) groups is 1. The molecule has 3 atom stereocenters. The SMILES string of the molecule is CC1CC(NC(=O)CCC2CCNC2)CCN1Cc1ccccc1. The lowest BCUT2D eigenvalue weighted by molar-refractivity contribution is -0.122. The summed E-state index contributed by atoms with van der Waals surface area (Å²) in [6.07, 6.45) is 5.06. The lowest BCUT2D eigenvalue weighted by Gasteiger charge is -2.38. The van der Waals surface area contributed by atoms with E-state index in [4.69, 9.17) is 0 Å². The summed E-state index contributed by atoms with van der Waals surface area (Å²) in [5.74, 6) is 0.943. The van der Waals surface area contributed by atoms with Gasteiger partial charge in [-0.1, -0.05) is 30.3 Å².